The Kier molecular flexibility index (Phi) is 6.25. The Morgan fingerprint density at radius 3 is 2.06 bits per heavy atom. The van der Waals surface area contributed by atoms with E-state index in [0.29, 0.717) is 11.0 Å². The van der Waals surface area contributed by atoms with Crippen molar-refractivity contribution in [3.8, 4) is 0 Å². The minimum atomic E-state index is -4.52. The number of anilines is 2. The van der Waals surface area contributed by atoms with Gasteiger partial charge in [-0.15, -0.1) is 0 Å². The molecule has 2 amide bonds. The molecule has 172 valence electrons. The van der Waals surface area contributed by atoms with E-state index in [1.165, 1.54) is 18.2 Å². The van der Waals surface area contributed by atoms with Crippen molar-refractivity contribution in [3.63, 3.8) is 0 Å². The number of benzene rings is 3. The van der Waals surface area contributed by atoms with Crippen LogP contribution in [0.1, 0.15) is 26.3 Å². The van der Waals surface area contributed by atoms with E-state index in [1.807, 2.05) is 0 Å². The third-order valence-electron chi connectivity index (χ3n) is 4.84. The minimum Gasteiger partial charge on any atom is -0.422 e. The lowest BCUT2D eigenvalue weighted by molar-refractivity contribution is -0.137. The summed E-state index contributed by atoms with van der Waals surface area (Å²) in [5.74, 6) is -1.43. The van der Waals surface area contributed by atoms with Gasteiger partial charge in [0.2, 0.25) is 0 Å². The summed E-state index contributed by atoms with van der Waals surface area (Å²) >= 11 is 3.32. The van der Waals surface area contributed by atoms with Crippen molar-refractivity contribution in [2.45, 2.75) is 6.18 Å². The van der Waals surface area contributed by atoms with Crippen LogP contribution in [-0.2, 0) is 6.18 Å². The maximum absolute atomic E-state index is 12.8. The molecular weight excluding hydrogens is 517 g/mol. The lowest BCUT2D eigenvalue weighted by atomic mass is 10.1. The molecule has 4 aromatic rings. The minimum absolute atomic E-state index is 0.00474. The predicted molar refractivity (Wildman–Crippen MR) is 124 cm³/mol. The molecule has 0 fully saturated rings. The largest absolute Gasteiger partial charge is 0.422 e. The summed E-state index contributed by atoms with van der Waals surface area (Å²) in [6, 6.07) is 16.3. The summed E-state index contributed by atoms with van der Waals surface area (Å²) in [7, 11) is 0. The average Bonchev–Trinajstić information content (AvgIpc) is 2.79. The van der Waals surface area contributed by atoms with Crippen LogP contribution in [0, 0.1) is 0 Å². The molecule has 10 heteroatoms. The second kappa shape index (κ2) is 9.14. The van der Waals surface area contributed by atoms with Gasteiger partial charge in [0, 0.05) is 15.4 Å². The Morgan fingerprint density at radius 1 is 0.824 bits per heavy atom. The van der Waals surface area contributed by atoms with E-state index in [-0.39, 0.29) is 22.5 Å². The highest BCUT2D eigenvalue weighted by Crippen LogP contribution is 2.29. The molecule has 0 saturated carbocycles. The van der Waals surface area contributed by atoms with Crippen LogP contribution in [0.4, 0.5) is 24.5 Å². The number of fused-ring (bicyclic) bond motifs is 1. The van der Waals surface area contributed by atoms with Crippen LogP contribution in [-0.4, -0.2) is 11.8 Å². The molecular formula is C24H14BrF3N2O4. The van der Waals surface area contributed by atoms with Gasteiger partial charge in [0.25, 0.3) is 11.8 Å². The maximum atomic E-state index is 12.8. The fourth-order valence-corrected chi connectivity index (χ4v) is 3.53. The number of nitrogens with one attached hydrogen (secondary N) is 2. The normalized spacial score (nSPS) is 11.3. The molecule has 0 bridgehead atoms. The van der Waals surface area contributed by atoms with Crippen LogP contribution < -0.4 is 16.3 Å². The molecule has 34 heavy (non-hydrogen) atoms. The maximum Gasteiger partial charge on any atom is 0.416 e. The first-order chi connectivity index (χ1) is 16.1. The topological polar surface area (TPSA) is 88.4 Å². The Bertz CT molecular complexity index is 1460. The van der Waals surface area contributed by atoms with Crippen LogP contribution in [0.25, 0.3) is 11.0 Å². The standard InChI is InChI=1S/C24H14BrF3N2O4/c25-16-9-10-20-14(11-16)12-17(23(33)34-20)22(32)30-19-4-2-1-3-18(19)29-21(31)13-5-7-15(8-6-13)24(26,27)28/h1-12H,(H,29,31)(H,30,32). The number of hydrogen-bond donors (Lipinski definition) is 2. The zero-order valence-corrected chi connectivity index (χ0v) is 18.7. The molecule has 0 radical (unpaired) electrons. The lowest BCUT2D eigenvalue weighted by Crippen LogP contribution is -2.22. The summed E-state index contributed by atoms with van der Waals surface area (Å²) in [6.45, 7) is 0. The SMILES string of the molecule is O=C(Nc1ccccc1NC(=O)c1cc2cc(Br)ccc2oc1=O)c1ccc(C(F)(F)F)cc1. The van der Waals surface area contributed by atoms with E-state index in [9.17, 15) is 27.6 Å². The molecule has 1 aromatic heterocycles. The van der Waals surface area contributed by atoms with Crippen LogP contribution in [0.2, 0.25) is 0 Å². The fourth-order valence-electron chi connectivity index (χ4n) is 3.15. The number of amides is 2. The zero-order valence-electron chi connectivity index (χ0n) is 17.1. The number of halogens is 4. The monoisotopic (exact) mass is 530 g/mol. The quantitative estimate of drug-likeness (QED) is 0.313. The van der Waals surface area contributed by atoms with Crippen LogP contribution in [0.5, 0.6) is 0 Å². The van der Waals surface area contributed by atoms with Crippen molar-refractivity contribution in [2.75, 3.05) is 10.6 Å². The fraction of sp³-hybridized carbons (Fsp3) is 0.0417. The van der Waals surface area contributed by atoms with Crippen molar-refractivity contribution in [3.05, 3.63) is 104 Å². The zero-order chi connectivity index (χ0) is 24.5. The van der Waals surface area contributed by atoms with Crippen LogP contribution >= 0.6 is 15.9 Å². The van der Waals surface area contributed by atoms with Crippen molar-refractivity contribution in [1.82, 2.24) is 0 Å². The van der Waals surface area contributed by atoms with Crippen molar-refractivity contribution < 1.29 is 27.2 Å². The first-order valence-corrected chi connectivity index (χ1v) is 10.5. The Labute approximate surface area is 198 Å². The number of carbonyl (C=O) groups is 2. The number of carbonyl (C=O) groups excluding carboxylic acids is 2. The van der Waals surface area contributed by atoms with E-state index in [0.717, 1.165) is 28.7 Å². The highest BCUT2D eigenvalue weighted by molar-refractivity contribution is 9.10. The number of alkyl halides is 3. The third kappa shape index (κ3) is 5.01. The van der Waals surface area contributed by atoms with Crippen LogP contribution in [0.15, 0.2) is 86.5 Å². The molecule has 0 aliphatic carbocycles. The van der Waals surface area contributed by atoms with E-state index in [4.69, 9.17) is 4.42 Å². The van der Waals surface area contributed by atoms with Gasteiger partial charge in [0.05, 0.1) is 16.9 Å². The molecule has 0 atom stereocenters. The van der Waals surface area contributed by atoms with Gasteiger partial charge < -0.3 is 15.1 Å². The summed E-state index contributed by atoms with van der Waals surface area (Å²) in [5.41, 5.74) is -1.27. The average molecular weight is 531 g/mol. The molecule has 2 N–H and O–H groups in total. The van der Waals surface area contributed by atoms with E-state index in [2.05, 4.69) is 26.6 Å². The Hall–Kier alpha value is -3.92. The lowest BCUT2D eigenvalue weighted by Gasteiger charge is -2.13. The number of para-hydroxylation sites is 2. The summed E-state index contributed by atoms with van der Waals surface area (Å²) in [5, 5.41) is 5.64. The molecule has 6 nitrogen and oxygen atoms in total. The first kappa shape index (κ1) is 23.2. The van der Waals surface area contributed by atoms with Gasteiger partial charge in [-0.1, -0.05) is 28.1 Å². The van der Waals surface area contributed by atoms with Gasteiger partial charge in [0.15, 0.2) is 0 Å². The smallest absolute Gasteiger partial charge is 0.416 e. The highest BCUT2D eigenvalue weighted by Gasteiger charge is 2.30. The molecule has 3 aromatic carbocycles. The molecule has 0 saturated heterocycles. The summed E-state index contributed by atoms with van der Waals surface area (Å²) < 4.78 is 44.2. The third-order valence-corrected chi connectivity index (χ3v) is 5.33. The van der Waals surface area contributed by atoms with E-state index >= 15 is 0 Å². The van der Waals surface area contributed by atoms with Crippen molar-refractivity contribution in [2.24, 2.45) is 0 Å². The first-order valence-electron chi connectivity index (χ1n) is 9.74. The number of rotatable bonds is 4. The molecule has 0 aliphatic rings. The van der Waals surface area contributed by atoms with Gasteiger partial charge in [-0.05, 0) is 60.7 Å². The predicted octanol–water partition coefficient (Wildman–Crippen LogP) is 6.08. The van der Waals surface area contributed by atoms with Gasteiger partial charge in [-0.2, -0.15) is 13.2 Å². The molecule has 0 unspecified atom stereocenters. The van der Waals surface area contributed by atoms with Crippen LogP contribution in [0.3, 0.4) is 0 Å². The van der Waals surface area contributed by atoms with Crippen molar-refractivity contribution in [1.29, 1.82) is 0 Å². The second-order valence-electron chi connectivity index (χ2n) is 7.16. The van der Waals surface area contributed by atoms with Gasteiger partial charge in [-0.25, -0.2) is 4.79 Å². The number of hydrogen-bond acceptors (Lipinski definition) is 4. The van der Waals surface area contributed by atoms with Gasteiger partial charge in [0.1, 0.15) is 11.1 Å². The van der Waals surface area contributed by atoms with E-state index < -0.39 is 29.2 Å². The highest BCUT2D eigenvalue weighted by atomic mass is 79.9. The Morgan fingerprint density at radius 2 is 1.44 bits per heavy atom. The molecule has 0 spiro atoms. The molecule has 1 heterocycles. The summed E-state index contributed by atoms with van der Waals surface area (Å²) in [4.78, 5) is 37.6. The van der Waals surface area contributed by atoms with Gasteiger partial charge in [-0.3, -0.25) is 9.59 Å². The van der Waals surface area contributed by atoms with Gasteiger partial charge >= 0.3 is 11.8 Å². The second-order valence-corrected chi connectivity index (χ2v) is 8.07. The van der Waals surface area contributed by atoms with E-state index in [1.54, 1.807) is 30.3 Å². The summed E-state index contributed by atoms with van der Waals surface area (Å²) in [6.07, 6.45) is -4.52. The molecule has 4 rings (SSSR count). The molecule has 0 aliphatic heterocycles. The van der Waals surface area contributed by atoms with Crippen molar-refractivity contribution >= 4 is 50.1 Å². The Balaban J connectivity index is 1.56.